The molecule has 0 saturated carbocycles. The van der Waals surface area contributed by atoms with E-state index in [4.69, 9.17) is 0 Å². The summed E-state index contributed by atoms with van der Waals surface area (Å²) in [6.45, 7) is 2.19. The lowest BCUT2D eigenvalue weighted by Crippen LogP contribution is -2.51. The van der Waals surface area contributed by atoms with Crippen LogP contribution in [0.5, 0.6) is 0 Å². The van der Waals surface area contributed by atoms with Crippen LogP contribution in [0.1, 0.15) is 31.2 Å². The Hall–Kier alpha value is -1.35. The average molecular weight is 576 g/mol. The molecule has 0 spiro atoms. The van der Waals surface area contributed by atoms with Crippen LogP contribution < -0.4 is 15.5 Å². The molecule has 31 heavy (non-hydrogen) atoms. The maximum atomic E-state index is 12.7. The molecular formula is C18H28F3IN6O2S. The van der Waals surface area contributed by atoms with Crippen LogP contribution in [0.25, 0.3) is 0 Å². The van der Waals surface area contributed by atoms with Crippen molar-refractivity contribution in [3.63, 3.8) is 0 Å². The molecule has 176 valence electrons. The van der Waals surface area contributed by atoms with E-state index in [1.165, 1.54) is 12.8 Å². The lowest BCUT2D eigenvalue weighted by atomic mass is 10.1. The first-order valence-electron chi connectivity index (χ1n) is 9.94. The summed E-state index contributed by atoms with van der Waals surface area (Å²) in [4.78, 5) is 10.9. The molecule has 8 nitrogen and oxygen atoms in total. The SMILES string of the molecule is CN=C(NCc1ccc(N2CCCC2)nc1)NC1CCN(S(=O)(=O)C(F)(F)F)CC1.I. The Morgan fingerprint density at radius 3 is 2.35 bits per heavy atom. The highest BCUT2D eigenvalue weighted by Crippen LogP contribution is 2.29. The van der Waals surface area contributed by atoms with Gasteiger partial charge in [0.2, 0.25) is 0 Å². The van der Waals surface area contributed by atoms with Gasteiger partial charge in [0, 0.05) is 52.0 Å². The highest BCUT2D eigenvalue weighted by atomic mass is 127. The Morgan fingerprint density at radius 2 is 1.84 bits per heavy atom. The molecule has 3 heterocycles. The molecule has 0 atom stereocenters. The van der Waals surface area contributed by atoms with Gasteiger partial charge < -0.3 is 15.5 Å². The summed E-state index contributed by atoms with van der Waals surface area (Å²) in [7, 11) is -3.66. The van der Waals surface area contributed by atoms with Gasteiger partial charge in [-0.3, -0.25) is 4.99 Å². The van der Waals surface area contributed by atoms with Crippen molar-refractivity contribution in [1.82, 2.24) is 19.9 Å². The van der Waals surface area contributed by atoms with Gasteiger partial charge in [0.1, 0.15) is 5.82 Å². The van der Waals surface area contributed by atoms with Gasteiger partial charge >= 0.3 is 15.5 Å². The van der Waals surface area contributed by atoms with Crippen LogP contribution in [0, 0.1) is 0 Å². The molecule has 0 aromatic carbocycles. The number of aliphatic imine (C=N–C) groups is 1. The quantitative estimate of drug-likeness (QED) is 0.318. The van der Waals surface area contributed by atoms with E-state index in [0.717, 1.165) is 24.5 Å². The Morgan fingerprint density at radius 1 is 1.19 bits per heavy atom. The van der Waals surface area contributed by atoms with Gasteiger partial charge in [-0.25, -0.2) is 13.4 Å². The normalized spacial score (nSPS) is 19.2. The predicted molar refractivity (Wildman–Crippen MR) is 124 cm³/mol. The van der Waals surface area contributed by atoms with E-state index >= 15 is 0 Å². The number of nitrogens with one attached hydrogen (secondary N) is 2. The number of aromatic nitrogens is 1. The molecule has 0 amide bonds. The number of anilines is 1. The molecule has 1 aromatic heterocycles. The summed E-state index contributed by atoms with van der Waals surface area (Å²) in [6, 6.07) is 3.84. The summed E-state index contributed by atoms with van der Waals surface area (Å²) >= 11 is 0. The van der Waals surface area contributed by atoms with Crippen molar-refractivity contribution in [1.29, 1.82) is 0 Å². The summed E-state index contributed by atoms with van der Waals surface area (Å²) in [5.74, 6) is 1.48. The van der Waals surface area contributed by atoms with Crippen LogP contribution in [0.15, 0.2) is 23.3 Å². The molecule has 0 aliphatic carbocycles. The number of piperidine rings is 1. The van der Waals surface area contributed by atoms with Gasteiger partial charge in [0.25, 0.3) is 0 Å². The number of alkyl halides is 3. The topological polar surface area (TPSA) is 89.9 Å². The summed E-state index contributed by atoms with van der Waals surface area (Å²) in [6.07, 6.45) is 4.72. The maximum Gasteiger partial charge on any atom is 0.511 e. The molecule has 3 rings (SSSR count). The minimum absolute atomic E-state index is 0. The standard InChI is InChI=1S/C18H27F3N6O2S.HI/c1-22-17(24-13-14-4-5-16(23-12-14)26-8-2-3-9-26)25-15-6-10-27(11-7-15)30(28,29)18(19,20)21;/h4-5,12,15H,2-3,6-11,13H2,1H3,(H2,22,24,25);1H. The van der Waals surface area contributed by atoms with Gasteiger partial charge in [-0.1, -0.05) is 6.07 Å². The van der Waals surface area contributed by atoms with E-state index in [2.05, 4.69) is 25.5 Å². The lowest BCUT2D eigenvalue weighted by Gasteiger charge is -2.32. The van der Waals surface area contributed by atoms with Crippen molar-refractivity contribution < 1.29 is 21.6 Å². The Balaban J connectivity index is 0.00000341. The second kappa shape index (κ2) is 11.0. The van der Waals surface area contributed by atoms with E-state index < -0.39 is 15.5 Å². The number of rotatable bonds is 5. The van der Waals surface area contributed by atoms with Gasteiger partial charge in [-0.2, -0.15) is 17.5 Å². The Kier molecular flexibility index (Phi) is 9.18. The van der Waals surface area contributed by atoms with Crippen LogP contribution in [-0.4, -0.2) is 68.4 Å². The summed E-state index contributed by atoms with van der Waals surface area (Å²) in [5, 5.41) is 6.31. The number of hydrogen-bond acceptors (Lipinski definition) is 5. The molecule has 0 bridgehead atoms. The highest BCUT2D eigenvalue weighted by molar-refractivity contribution is 14.0. The van der Waals surface area contributed by atoms with Crippen molar-refractivity contribution in [2.45, 2.75) is 43.8 Å². The molecular weight excluding hydrogens is 548 g/mol. The van der Waals surface area contributed by atoms with Crippen LogP contribution in [0.4, 0.5) is 19.0 Å². The maximum absolute atomic E-state index is 12.7. The van der Waals surface area contributed by atoms with E-state index in [1.807, 2.05) is 18.3 Å². The zero-order valence-corrected chi connectivity index (χ0v) is 20.4. The first-order valence-corrected chi connectivity index (χ1v) is 11.4. The van der Waals surface area contributed by atoms with Gasteiger partial charge in [-0.05, 0) is 37.3 Å². The van der Waals surface area contributed by atoms with Crippen molar-refractivity contribution in [2.24, 2.45) is 4.99 Å². The number of halogens is 4. The highest BCUT2D eigenvalue weighted by Gasteiger charge is 2.50. The van der Waals surface area contributed by atoms with Crippen LogP contribution >= 0.6 is 24.0 Å². The third kappa shape index (κ3) is 6.57. The number of nitrogens with zero attached hydrogens (tertiary/aromatic N) is 4. The molecule has 2 saturated heterocycles. The number of pyridine rings is 1. The lowest BCUT2D eigenvalue weighted by molar-refractivity contribution is -0.0494. The molecule has 0 unspecified atom stereocenters. The second-order valence-corrected chi connectivity index (χ2v) is 9.34. The smallest absolute Gasteiger partial charge is 0.357 e. The fraction of sp³-hybridized carbons (Fsp3) is 0.667. The Bertz CT molecular complexity index is 837. The first kappa shape index (κ1) is 25.9. The molecule has 0 radical (unpaired) electrons. The Labute approximate surface area is 197 Å². The minimum Gasteiger partial charge on any atom is -0.357 e. The van der Waals surface area contributed by atoms with Crippen LogP contribution in [0.3, 0.4) is 0 Å². The largest absolute Gasteiger partial charge is 0.511 e. The average Bonchev–Trinajstić information content (AvgIpc) is 3.26. The summed E-state index contributed by atoms with van der Waals surface area (Å²) in [5.41, 5.74) is -4.28. The van der Waals surface area contributed by atoms with Crippen molar-refractivity contribution in [2.75, 3.05) is 38.1 Å². The minimum atomic E-state index is -5.26. The molecule has 13 heteroatoms. The van der Waals surface area contributed by atoms with Crippen LogP contribution in [0.2, 0.25) is 0 Å². The van der Waals surface area contributed by atoms with Crippen molar-refractivity contribution >= 4 is 45.8 Å². The zero-order chi connectivity index (χ0) is 21.8. The van der Waals surface area contributed by atoms with Gasteiger partial charge in [0.15, 0.2) is 5.96 Å². The third-order valence-electron chi connectivity index (χ3n) is 5.35. The van der Waals surface area contributed by atoms with E-state index in [0.29, 0.717) is 16.8 Å². The second-order valence-electron chi connectivity index (χ2n) is 7.41. The molecule has 2 aliphatic rings. The molecule has 1 aromatic rings. The van der Waals surface area contributed by atoms with Crippen molar-refractivity contribution in [3.05, 3.63) is 23.9 Å². The van der Waals surface area contributed by atoms with E-state index in [1.54, 1.807) is 7.05 Å². The van der Waals surface area contributed by atoms with E-state index in [-0.39, 0.29) is 55.9 Å². The predicted octanol–water partition coefficient (Wildman–Crippen LogP) is 2.28. The van der Waals surface area contributed by atoms with Gasteiger partial charge in [-0.15, -0.1) is 24.0 Å². The molecule has 2 N–H and O–H groups in total. The number of guanidine groups is 1. The monoisotopic (exact) mass is 576 g/mol. The third-order valence-corrected chi connectivity index (χ3v) is 6.98. The molecule has 2 aliphatic heterocycles. The van der Waals surface area contributed by atoms with E-state index in [9.17, 15) is 21.6 Å². The fourth-order valence-electron chi connectivity index (χ4n) is 3.62. The van der Waals surface area contributed by atoms with Crippen LogP contribution in [-0.2, 0) is 16.6 Å². The first-order chi connectivity index (χ1) is 14.2. The number of hydrogen-bond donors (Lipinski definition) is 2. The molecule has 2 fully saturated rings. The zero-order valence-electron chi connectivity index (χ0n) is 17.2. The summed E-state index contributed by atoms with van der Waals surface area (Å²) < 4.78 is 61.5. The fourth-order valence-corrected chi connectivity index (χ4v) is 4.60. The number of sulfonamides is 1. The van der Waals surface area contributed by atoms with Crippen molar-refractivity contribution in [3.8, 4) is 0 Å². The van der Waals surface area contributed by atoms with Gasteiger partial charge in [0.05, 0.1) is 0 Å².